The molecule has 0 amide bonds. The van der Waals surface area contributed by atoms with Gasteiger partial charge < -0.3 is 0 Å². The fourth-order valence-corrected chi connectivity index (χ4v) is 2.55. The number of hydrogen-bond donors (Lipinski definition) is 0. The van der Waals surface area contributed by atoms with Gasteiger partial charge in [-0.1, -0.05) is 12.1 Å². The van der Waals surface area contributed by atoms with Crippen molar-refractivity contribution in [2.75, 3.05) is 0 Å². The molecule has 3 heterocycles. The third-order valence-electron chi connectivity index (χ3n) is 3.59. The molecule has 0 bridgehead atoms. The van der Waals surface area contributed by atoms with Crippen LogP contribution in [0.1, 0.15) is 11.1 Å². The maximum atomic E-state index is 12.8. The third kappa shape index (κ3) is 1.81. The molecule has 4 rings (SSSR count). The van der Waals surface area contributed by atoms with E-state index in [1.165, 1.54) is 4.40 Å². The molecular formula is C16H13N5O. The number of aromatic nitrogens is 5. The van der Waals surface area contributed by atoms with Gasteiger partial charge in [0.1, 0.15) is 6.33 Å². The second kappa shape index (κ2) is 4.49. The summed E-state index contributed by atoms with van der Waals surface area (Å²) in [6.45, 7) is 3.90. The van der Waals surface area contributed by atoms with Gasteiger partial charge in [0, 0.05) is 18.1 Å². The van der Waals surface area contributed by atoms with E-state index in [2.05, 4.69) is 15.0 Å². The predicted octanol–water partition coefficient (Wildman–Crippen LogP) is 2.05. The van der Waals surface area contributed by atoms with Gasteiger partial charge >= 0.3 is 0 Å². The lowest BCUT2D eigenvalue weighted by Gasteiger charge is -2.06. The van der Waals surface area contributed by atoms with E-state index < -0.39 is 0 Å². The van der Waals surface area contributed by atoms with Crippen LogP contribution in [0.3, 0.4) is 0 Å². The van der Waals surface area contributed by atoms with Crippen LogP contribution in [0, 0.1) is 13.8 Å². The van der Waals surface area contributed by atoms with Crippen LogP contribution in [0.5, 0.6) is 0 Å². The van der Waals surface area contributed by atoms with E-state index in [0.717, 1.165) is 16.8 Å². The SMILES string of the molecule is Cc1cccc(-n2cnc3nc4ncc(C)cn4c(=O)c32)c1. The van der Waals surface area contributed by atoms with E-state index >= 15 is 0 Å². The molecule has 0 radical (unpaired) electrons. The van der Waals surface area contributed by atoms with Crippen LogP contribution < -0.4 is 5.56 Å². The van der Waals surface area contributed by atoms with E-state index in [1.807, 2.05) is 38.1 Å². The summed E-state index contributed by atoms with van der Waals surface area (Å²) in [5.41, 5.74) is 3.60. The Hall–Kier alpha value is -3.02. The second-order valence-corrected chi connectivity index (χ2v) is 5.34. The van der Waals surface area contributed by atoms with E-state index in [0.29, 0.717) is 16.9 Å². The van der Waals surface area contributed by atoms with Crippen LogP contribution in [0.2, 0.25) is 0 Å². The summed E-state index contributed by atoms with van der Waals surface area (Å²) in [5, 5.41) is 0. The van der Waals surface area contributed by atoms with Crippen LogP contribution in [0.15, 0.2) is 47.8 Å². The number of fused-ring (bicyclic) bond motifs is 2. The summed E-state index contributed by atoms with van der Waals surface area (Å²) >= 11 is 0. The molecule has 108 valence electrons. The molecule has 0 N–H and O–H groups in total. The summed E-state index contributed by atoms with van der Waals surface area (Å²) in [6.07, 6.45) is 5.05. The molecule has 6 heteroatoms. The highest BCUT2D eigenvalue weighted by Crippen LogP contribution is 2.15. The molecule has 0 unspecified atom stereocenters. The van der Waals surface area contributed by atoms with Crippen LogP contribution in [-0.4, -0.2) is 23.9 Å². The zero-order valence-corrected chi connectivity index (χ0v) is 12.2. The first kappa shape index (κ1) is 12.7. The molecule has 3 aromatic heterocycles. The standard InChI is InChI=1S/C16H13N5O/c1-10-4-3-5-12(6-10)21-9-18-14-13(21)15(22)20-8-11(2)7-17-16(20)19-14/h3-9H,1-2H3. The van der Waals surface area contributed by atoms with Gasteiger partial charge in [-0.3, -0.25) is 9.36 Å². The molecule has 6 nitrogen and oxygen atoms in total. The van der Waals surface area contributed by atoms with Crippen LogP contribution in [0.4, 0.5) is 0 Å². The van der Waals surface area contributed by atoms with Gasteiger partial charge in [-0.05, 0) is 37.1 Å². The average Bonchev–Trinajstić information content (AvgIpc) is 2.92. The van der Waals surface area contributed by atoms with Gasteiger partial charge in [0.05, 0.1) is 0 Å². The summed E-state index contributed by atoms with van der Waals surface area (Å²) in [7, 11) is 0. The summed E-state index contributed by atoms with van der Waals surface area (Å²) < 4.78 is 3.23. The van der Waals surface area contributed by atoms with E-state index in [4.69, 9.17) is 0 Å². The number of imidazole rings is 1. The molecule has 0 spiro atoms. The molecule has 0 aliphatic heterocycles. The Bertz CT molecular complexity index is 1080. The maximum absolute atomic E-state index is 12.8. The second-order valence-electron chi connectivity index (χ2n) is 5.34. The van der Waals surface area contributed by atoms with Crippen molar-refractivity contribution in [3.8, 4) is 5.69 Å². The van der Waals surface area contributed by atoms with E-state index in [9.17, 15) is 4.79 Å². The number of hydrogen-bond acceptors (Lipinski definition) is 4. The molecule has 1 aromatic carbocycles. The van der Waals surface area contributed by atoms with E-state index in [1.54, 1.807) is 23.3 Å². The largest absolute Gasteiger partial charge is 0.293 e. The van der Waals surface area contributed by atoms with Gasteiger partial charge in [0.25, 0.3) is 5.56 Å². The first-order valence-electron chi connectivity index (χ1n) is 6.92. The minimum atomic E-state index is -0.171. The average molecular weight is 291 g/mol. The van der Waals surface area contributed by atoms with Gasteiger partial charge in [0.2, 0.25) is 5.78 Å². The maximum Gasteiger partial charge on any atom is 0.285 e. The number of aryl methyl sites for hydroxylation is 2. The Morgan fingerprint density at radius 1 is 1.09 bits per heavy atom. The minimum absolute atomic E-state index is 0.171. The highest BCUT2D eigenvalue weighted by atomic mass is 16.1. The normalized spacial score (nSPS) is 11.4. The summed E-state index contributed by atoms with van der Waals surface area (Å²) in [6, 6.07) is 7.91. The number of benzene rings is 1. The molecule has 0 aliphatic carbocycles. The van der Waals surface area contributed by atoms with Crippen molar-refractivity contribution in [2.45, 2.75) is 13.8 Å². The van der Waals surface area contributed by atoms with Crippen molar-refractivity contribution in [3.63, 3.8) is 0 Å². The minimum Gasteiger partial charge on any atom is -0.293 e. The molecule has 0 saturated carbocycles. The fraction of sp³-hybridized carbons (Fsp3) is 0.125. The zero-order valence-electron chi connectivity index (χ0n) is 12.2. The van der Waals surface area contributed by atoms with Gasteiger partial charge in [-0.25, -0.2) is 14.4 Å². The first-order chi connectivity index (χ1) is 10.6. The molecule has 0 saturated heterocycles. The quantitative estimate of drug-likeness (QED) is 0.538. The van der Waals surface area contributed by atoms with Crippen molar-refractivity contribution >= 4 is 16.9 Å². The summed E-state index contributed by atoms with van der Waals surface area (Å²) in [4.78, 5) is 25.6. The Kier molecular flexibility index (Phi) is 2.59. The van der Waals surface area contributed by atoms with Crippen molar-refractivity contribution in [2.24, 2.45) is 0 Å². The van der Waals surface area contributed by atoms with Crippen LogP contribution in [-0.2, 0) is 0 Å². The lowest BCUT2D eigenvalue weighted by molar-refractivity contribution is 0.987. The lowest BCUT2D eigenvalue weighted by Crippen LogP contribution is -2.18. The smallest absolute Gasteiger partial charge is 0.285 e. The molecule has 0 atom stereocenters. The zero-order chi connectivity index (χ0) is 15.3. The van der Waals surface area contributed by atoms with E-state index in [-0.39, 0.29) is 5.56 Å². The van der Waals surface area contributed by atoms with Crippen LogP contribution in [0.25, 0.3) is 22.6 Å². The van der Waals surface area contributed by atoms with Crippen LogP contribution >= 0.6 is 0 Å². The fourth-order valence-electron chi connectivity index (χ4n) is 2.55. The van der Waals surface area contributed by atoms with Gasteiger partial charge in [-0.2, -0.15) is 4.98 Å². The molecule has 0 fully saturated rings. The Morgan fingerprint density at radius 3 is 2.77 bits per heavy atom. The number of rotatable bonds is 1. The van der Waals surface area contributed by atoms with Gasteiger partial charge in [-0.15, -0.1) is 0 Å². The Labute approximate surface area is 125 Å². The Morgan fingerprint density at radius 2 is 1.95 bits per heavy atom. The molecular weight excluding hydrogens is 278 g/mol. The van der Waals surface area contributed by atoms with Crippen molar-refractivity contribution < 1.29 is 0 Å². The number of nitrogens with zero attached hydrogens (tertiary/aromatic N) is 5. The molecule has 0 aliphatic rings. The molecule has 4 aromatic rings. The van der Waals surface area contributed by atoms with Gasteiger partial charge in [0.15, 0.2) is 11.2 Å². The first-order valence-corrected chi connectivity index (χ1v) is 6.92. The van der Waals surface area contributed by atoms with Crippen molar-refractivity contribution in [1.82, 2.24) is 23.9 Å². The highest BCUT2D eigenvalue weighted by Gasteiger charge is 2.13. The summed E-state index contributed by atoms with van der Waals surface area (Å²) in [5.74, 6) is 0.359. The highest BCUT2D eigenvalue weighted by molar-refractivity contribution is 5.74. The predicted molar refractivity (Wildman–Crippen MR) is 83.4 cm³/mol. The molecule has 22 heavy (non-hydrogen) atoms. The lowest BCUT2D eigenvalue weighted by atomic mass is 10.2. The topological polar surface area (TPSA) is 65.1 Å². The monoisotopic (exact) mass is 291 g/mol. The van der Waals surface area contributed by atoms with Crippen molar-refractivity contribution in [3.05, 3.63) is 64.5 Å². The van der Waals surface area contributed by atoms with Crippen molar-refractivity contribution in [1.29, 1.82) is 0 Å². The Balaban J connectivity index is 2.12. The third-order valence-corrected chi connectivity index (χ3v) is 3.59.